The number of nitrogens with one attached hydrogen (secondary N) is 9. The van der Waals surface area contributed by atoms with Gasteiger partial charge in [-0.1, -0.05) is 126 Å². The highest BCUT2D eigenvalue weighted by Gasteiger charge is 2.10. The number of halogens is 4. The molecule has 1 unspecified atom stereocenters. The minimum Gasteiger partial charge on any atom is -0.341 e. The average molecular weight is 1240 g/mol. The zero-order chi connectivity index (χ0) is 49.5. The van der Waals surface area contributed by atoms with Crippen molar-refractivity contribution in [1.29, 1.82) is 0 Å². The number of alkyl halides is 2. The van der Waals surface area contributed by atoms with Gasteiger partial charge in [0.05, 0.1) is 0 Å². The highest BCUT2D eigenvalue weighted by atomic mass is 127. The van der Waals surface area contributed by atoms with E-state index in [1.54, 1.807) is 38.0 Å². The molecular formula is C42H68Cl3IN14O7S4. The van der Waals surface area contributed by atoms with Gasteiger partial charge in [-0.25, -0.2) is 34.5 Å². The van der Waals surface area contributed by atoms with Crippen LogP contribution in [-0.2, 0) is 0 Å². The molecule has 6 aromatic rings. The number of aryl methyl sites for hydroxylation is 3. The summed E-state index contributed by atoms with van der Waals surface area (Å²) in [4.78, 5) is 113. The topological polar surface area (TPSA) is 322 Å². The van der Waals surface area contributed by atoms with Crippen LogP contribution in [0.15, 0.2) is 116 Å². The van der Waals surface area contributed by atoms with Crippen LogP contribution in [0.5, 0.6) is 0 Å². The number of nitrogens with zero attached hydrogens (tertiary/aromatic N) is 5. The number of aromatic amines is 8. The molecule has 1 aliphatic rings. The van der Waals surface area contributed by atoms with Crippen molar-refractivity contribution in [2.75, 3.05) is 23.7 Å². The van der Waals surface area contributed by atoms with Gasteiger partial charge in [-0.05, 0) is 80.8 Å². The third kappa shape index (κ3) is 37.6. The molecule has 1 atom stereocenters. The normalized spacial score (nSPS) is 10.6. The fourth-order valence-corrected chi connectivity index (χ4v) is 5.05. The minimum absolute atomic E-state index is 0. The van der Waals surface area contributed by atoms with Crippen molar-refractivity contribution in [2.45, 2.75) is 88.1 Å². The zero-order valence-electron chi connectivity index (χ0n) is 35.6. The fraction of sp³-hybridized carbons (Fsp3) is 0.357. The van der Waals surface area contributed by atoms with Crippen LogP contribution in [0.1, 0.15) is 68.2 Å². The van der Waals surface area contributed by atoms with E-state index in [4.69, 9.17) is 34.8 Å². The molecule has 21 nitrogen and oxygen atoms in total. The van der Waals surface area contributed by atoms with Crippen molar-refractivity contribution in [3.05, 3.63) is 172 Å². The number of thioether (sulfide) groups is 3. The third-order valence-corrected chi connectivity index (χ3v) is 9.49. The molecule has 7 heterocycles. The quantitative estimate of drug-likeness (QED) is 0.0149. The molecule has 0 aliphatic carbocycles. The van der Waals surface area contributed by atoms with Crippen LogP contribution in [0.3, 0.4) is 0 Å². The summed E-state index contributed by atoms with van der Waals surface area (Å²) >= 11 is 28.0. The highest BCUT2D eigenvalue weighted by molar-refractivity contribution is 14.1. The lowest BCUT2D eigenvalue weighted by Gasteiger charge is -2.14. The SMILES string of the molecule is C.C.C.C.C.C.CI.CSC1=NC(Cl)C(C)=CN1.CSc1ncc(C)c(=O)[nH]1.CSc1nccc(=O)[nH]1.Cc1c[nH]c(=O)[nH]c1=O.Cc1cnc(Cl)nc1Cl.O=c1cc[nH]c(=O)[nH]1.O=c1cc[nH]c(=S)[nH]1. The van der Waals surface area contributed by atoms with Crippen LogP contribution in [-0.4, -0.2) is 94.2 Å². The van der Waals surface area contributed by atoms with E-state index in [1.807, 2.05) is 48.7 Å². The van der Waals surface area contributed by atoms with Gasteiger partial charge in [-0.3, -0.25) is 38.9 Å². The first kappa shape index (κ1) is 80.3. The van der Waals surface area contributed by atoms with Crippen LogP contribution in [0.4, 0.5) is 0 Å². The molecule has 71 heavy (non-hydrogen) atoms. The molecular weight excluding hydrogens is 1170 g/mol. The van der Waals surface area contributed by atoms with E-state index >= 15 is 0 Å². The van der Waals surface area contributed by atoms with Gasteiger partial charge in [0, 0.05) is 78.3 Å². The lowest BCUT2D eigenvalue weighted by atomic mass is 10.3. The van der Waals surface area contributed by atoms with E-state index in [0.29, 0.717) is 31.4 Å². The van der Waals surface area contributed by atoms with Gasteiger partial charge in [0.15, 0.2) is 20.3 Å². The summed E-state index contributed by atoms with van der Waals surface area (Å²) in [6.45, 7) is 7.12. The Balaban J connectivity index is -0.000000132. The van der Waals surface area contributed by atoms with E-state index in [2.05, 4.69) is 99.9 Å². The largest absolute Gasteiger partial charge is 0.341 e. The molecule has 0 fully saturated rings. The molecule has 7 rings (SSSR count). The van der Waals surface area contributed by atoms with Gasteiger partial charge in [0.1, 0.15) is 10.7 Å². The second-order valence-electron chi connectivity index (χ2n) is 11.3. The minimum atomic E-state index is -0.475. The number of aromatic nitrogens is 12. The summed E-state index contributed by atoms with van der Waals surface area (Å²) in [6.07, 6.45) is 16.4. The number of rotatable bonds is 2. The smallest absolute Gasteiger partial charge is 0.325 e. The first-order chi connectivity index (χ1) is 30.8. The summed E-state index contributed by atoms with van der Waals surface area (Å²) in [6, 6.07) is 4.00. The van der Waals surface area contributed by atoms with Crippen LogP contribution >= 0.6 is 105 Å². The molecule has 6 aromatic heterocycles. The Bertz CT molecular complexity index is 2800. The number of hydrogen-bond acceptors (Lipinski definition) is 17. The second kappa shape index (κ2) is 46.2. The van der Waals surface area contributed by atoms with Crippen molar-refractivity contribution in [2.24, 2.45) is 4.99 Å². The average Bonchev–Trinajstić information content (AvgIpc) is 3.27. The Morgan fingerprint density at radius 2 is 1.11 bits per heavy atom. The Morgan fingerprint density at radius 3 is 1.49 bits per heavy atom. The Hall–Kier alpha value is -4.84. The van der Waals surface area contributed by atoms with Crippen LogP contribution in [0.25, 0.3) is 0 Å². The maximum Gasteiger partial charge on any atom is 0.325 e. The maximum atomic E-state index is 10.9. The van der Waals surface area contributed by atoms with Crippen molar-refractivity contribution >= 4 is 110 Å². The molecule has 400 valence electrons. The van der Waals surface area contributed by atoms with Crippen molar-refractivity contribution in [3.8, 4) is 0 Å². The van der Waals surface area contributed by atoms with Gasteiger partial charge in [-0.2, -0.15) is 0 Å². The highest BCUT2D eigenvalue weighted by Crippen LogP contribution is 2.15. The molecule has 1 aliphatic heterocycles. The molecule has 9 N–H and O–H groups in total. The van der Waals surface area contributed by atoms with Crippen molar-refractivity contribution < 1.29 is 0 Å². The summed E-state index contributed by atoms with van der Waals surface area (Å²) in [5, 5.41) is 5.81. The second-order valence-corrected chi connectivity index (χ2v) is 15.2. The molecule has 0 spiro atoms. The summed E-state index contributed by atoms with van der Waals surface area (Å²) < 4.78 is 0.359. The number of hydrogen-bond donors (Lipinski definition) is 9. The standard InChI is InChI=1S/C6H9ClN2S.C6H8N2OS.C5H4Cl2N2.C5H6N2O2.C5H6N2OS.C4H4N2O2.C4H4N2OS.CH3I.6CH4/c1-4-3-8-6(10-2)9-5(4)7;1-4-3-7-6(10-2)8-5(4)9;1-3-2-8-5(7)9-4(3)6;1-3-2-6-5(9)7-4(3)8;1-9-5-6-3-2-4(8)7-5;2*7-3-1-2-5-4(8)6-3;1-2;;;;;;/h3,5H,1-2H3,(H,8,9);3H,1-2H3,(H,7,8,9);2H,1H3;2H,1H3,(H2,6,7,8,9);2-3H,1H3,(H,6,7,8);2*1-2H,(H2,5,6,7,8);1H3;6*1H4. The fourth-order valence-electron chi connectivity index (χ4n) is 3.24. The summed E-state index contributed by atoms with van der Waals surface area (Å²) in [7, 11) is 0. The van der Waals surface area contributed by atoms with Crippen molar-refractivity contribution in [1.82, 2.24) is 65.1 Å². The molecule has 0 saturated heterocycles. The number of H-pyrrole nitrogens is 8. The van der Waals surface area contributed by atoms with Gasteiger partial charge in [-0.15, -0.1) is 0 Å². The monoisotopic (exact) mass is 1240 g/mol. The third-order valence-electron chi connectivity index (χ3n) is 6.47. The van der Waals surface area contributed by atoms with Crippen LogP contribution in [0.2, 0.25) is 10.4 Å². The van der Waals surface area contributed by atoms with E-state index in [1.165, 1.54) is 66.5 Å². The lowest BCUT2D eigenvalue weighted by molar-refractivity contribution is 0.920. The van der Waals surface area contributed by atoms with Gasteiger partial charge >= 0.3 is 11.4 Å². The first-order valence-corrected chi connectivity index (χ1v) is 25.0. The van der Waals surface area contributed by atoms with Crippen LogP contribution < -0.4 is 44.5 Å². The van der Waals surface area contributed by atoms with Crippen molar-refractivity contribution in [3.63, 3.8) is 0 Å². The Labute approximate surface area is 460 Å². The molecule has 0 saturated carbocycles. The zero-order valence-corrected chi connectivity index (χ0v) is 43.3. The van der Waals surface area contributed by atoms with Gasteiger partial charge in [0.25, 0.3) is 27.8 Å². The first-order valence-electron chi connectivity index (χ1n) is 17.5. The Morgan fingerprint density at radius 1 is 0.606 bits per heavy atom. The molecule has 0 radical (unpaired) electrons. The maximum absolute atomic E-state index is 10.9. The number of amidine groups is 1. The molecule has 0 aromatic carbocycles. The number of aliphatic imine (C=N–C) groups is 1. The van der Waals surface area contributed by atoms with E-state index in [0.717, 1.165) is 16.3 Å². The van der Waals surface area contributed by atoms with Crippen LogP contribution in [0, 0.1) is 25.5 Å². The van der Waals surface area contributed by atoms with E-state index in [-0.39, 0.29) is 83.1 Å². The molecule has 0 amide bonds. The lowest BCUT2D eigenvalue weighted by Crippen LogP contribution is -2.22. The summed E-state index contributed by atoms with van der Waals surface area (Å²) in [5.74, 6) is 0. The predicted molar refractivity (Wildman–Crippen MR) is 315 cm³/mol. The van der Waals surface area contributed by atoms with E-state index in [9.17, 15) is 33.6 Å². The molecule has 0 bridgehead atoms. The Kier molecular flexibility index (Phi) is 52.3. The van der Waals surface area contributed by atoms with E-state index < -0.39 is 11.4 Å². The summed E-state index contributed by atoms with van der Waals surface area (Å²) in [5.41, 5.74) is 0.884. The van der Waals surface area contributed by atoms with Gasteiger partial charge < -0.3 is 30.2 Å². The van der Waals surface area contributed by atoms with Gasteiger partial charge in [0.2, 0.25) is 5.28 Å². The predicted octanol–water partition coefficient (Wildman–Crippen LogP) is 8.90. The molecule has 29 heteroatoms.